The Morgan fingerprint density at radius 1 is 0.984 bits per heavy atom. The summed E-state index contributed by atoms with van der Waals surface area (Å²) in [5.41, 5.74) is 4.65. The minimum atomic E-state index is -1.28. The SMILES string of the molecule is COc1cccc(CN(CCOC(=O)C(C)OC(=O)CCC(=O)N(C2=NCCN2)c2ccc3nccnc3c2Br)C(=O)Nc2ccc(-c3cn[nH]c3)cc2OCCN2CCCC2)c1. The molecular weight excluding hydrogens is 876 g/mol. The molecule has 1 atom stereocenters. The van der Waals surface area contributed by atoms with E-state index in [9.17, 15) is 19.2 Å². The normalized spacial score (nSPS) is 14.0. The smallest absolute Gasteiger partial charge is 0.347 e. The largest absolute Gasteiger partial charge is 0.497 e. The minimum absolute atomic E-state index is 0.00806. The predicted octanol–water partition coefficient (Wildman–Crippen LogP) is 5.55. The second-order valence-corrected chi connectivity index (χ2v) is 15.6. The molecule has 3 aromatic carbocycles. The van der Waals surface area contributed by atoms with Crippen LogP contribution in [0.1, 0.15) is 38.2 Å². The number of hydrogen-bond acceptors (Lipinski definition) is 14. The van der Waals surface area contributed by atoms with Crippen LogP contribution in [-0.4, -0.2) is 125 Å². The molecule has 2 aromatic heterocycles. The summed E-state index contributed by atoms with van der Waals surface area (Å²) < 4.78 is 23.1. The third-order valence-electron chi connectivity index (χ3n) is 10.4. The van der Waals surface area contributed by atoms with Gasteiger partial charge in [0.1, 0.15) is 30.2 Å². The highest BCUT2D eigenvalue weighted by atomic mass is 79.9. The van der Waals surface area contributed by atoms with Gasteiger partial charge in [0.2, 0.25) is 11.9 Å². The maximum absolute atomic E-state index is 14.0. The zero-order valence-electron chi connectivity index (χ0n) is 35.0. The number of aromatic nitrogens is 4. The van der Waals surface area contributed by atoms with Crippen molar-refractivity contribution in [3.8, 4) is 22.6 Å². The summed E-state index contributed by atoms with van der Waals surface area (Å²) in [6.45, 7) is 5.61. The zero-order valence-corrected chi connectivity index (χ0v) is 36.6. The monoisotopic (exact) mass is 924 g/mol. The molecule has 4 heterocycles. The lowest BCUT2D eigenvalue weighted by Gasteiger charge is -2.25. The fourth-order valence-electron chi connectivity index (χ4n) is 7.13. The number of fused-ring (bicyclic) bond motifs is 1. The Kier molecular flexibility index (Phi) is 15.1. The number of halogens is 1. The van der Waals surface area contributed by atoms with Gasteiger partial charge in [-0.05, 0) is 96.3 Å². The number of benzene rings is 3. The Bertz CT molecular complexity index is 2430. The van der Waals surface area contributed by atoms with Gasteiger partial charge in [-0.2, -0.15) is 5.10 Å². The first-order valence-corrected chi connectivity index (χ1v) is 21.5. The molecule has 2 aliphatic heterocycles. The highest BCUT2D eigenvalue weighted by Crippen LogP contribution is 2.34. The number of carbonyl (C=O) groups is 4. The van der Waals surface area contributed by atoms with Crippen molar-refractivity contribution in [2.45, 2.75) is 45.3 Å². The van der Waals surface area contributed by atoms with E-state index in [1.165, 1.54) is 29.6 Å². The van der Waals surface area contributed by atoms with Crippen LogP contribution in [0.2, 0.25) is 0 Å². The van der Waals surface area contributed by atoms with Crippen molar-refractivity contribution in [2.24, 2.45) is 4.99 Å². The number of hydrogen-bond donors (Lipinski definition) is 3. The van der Waals surface area contributed by atoms with E-state index >= 15 is 0 Å². The molecule has 5 aromatic rings. The standard InChI is InChI=1S/C44H49BrN10O8/c1-29(63-39(57)13-12-38(56)55(43-48-16-17-49-43)36-11-10-35-41(40(36)45)47-15-14-46-35)42(58)62-23-21-54(28-30-6-5-7-33(24-30)60-2)44(59)52-34-9-8-31(32-26-50-51-27-32)25-37(34)61-22-20-53-18-3-4-19-53/h5-11,14-15,24-27,29H,3-4,12-13,16-23,28H2,1-2H3,(H,48,49)(H,50,51)(H,52,59). The number of urea groups is 1. The maximum atomic E-state index is 14.0. The van der Waals surface area contributed by atoms with E-state index in [0.29, 0.717) is 64.0 Å². The molecule has 0 saturated carbocycles. The van der Waals surface area contributed by atoms with Gasteiger partial charge in [-0.25, -0.2) is 14.5 Å². The predicted molar refractivity (Wildman–Crippen MR) is 238 cm³/mol. The molecule has 1 saturated heterocycles. The molecule has 2 aliphatic rings. The minimum Gasteiger partial charge on any atom is -0.497 e. The Labute approximate surface area is 372 Å². The van der Waals surface area contributed by atoms with Crippen LogP contribution in [0.5, 0.6) is 11.5 Å². The third-order valence-corrected chi connectivity index (χ3v) is 11.2. The summed E-state index contributed by atoms with van der Waals surface area (Å²) in [6, 6.07) is 15.8. The number of aromatic amines is 1. The van der Waals surface area contributed by atoms with Gasteiger partial charge in [0.05, 0.1) is 54.2 Å². The number of esters is 2. The number of nitrogens with one attached hydrogen (secondary N) is 3. The van der Waals surface area contributed by atoms with Gasteiger partial charge >= 0.3 is 18.0 Å². The molecule has 330 valence electrons. The summed E-state index contributed by atoms with van der Waals surface area (Å²) in [4.78, 5) is 72.1. The molecule has 0 aliphatic carbocycles. The van der Waals surface area contributed by atoms with Gasteiger partial charge in [-0.3, -0.25) is 34.5 Å². The first-order chi connectivity index (χ1) is 30.7. The van der Waals surface area contributed by atoms with Gasteiger partial charge in [0.15, 0.2) is 6.10 Å². The van der Waals surface area contributed by atoms with Gasteiger partial charge < -0.3 is 34.5 Å². The fraction of sp³-hybridized carbons (Fsp3) is 0.364. The Morgan fingerprint density at radius 3 is 2.60 bits per heavy atom. The van der Waals surface area contributed by atoms with Crippen LogP contribution in [0.15, 0.2) is 88.8 Å². The average molecular weight is 926 g/mol. The molecule has 19 heteroatoms. The van der Waals surface area contributed by atoms with Crippen molar-refractivity contribution >= 4 is 68.2 Å². The van der Waals surface area contributed by atoms with Gasteiger partial charge in [-0.15, -0.1) is 0 Å². The molecular formula is C44H49BrN10O8. The zero-order chi connectivity index (χ0) is 44.1. The van der Waals surface area contributed by atoms with Crippen LogP contribution in [0.4, 0.5) is 16.2 Å². The number of carbonyl (C=O) groups excluding carboxylic acids is 4. The number of guanidine groups is 1. The molecule has 0 spiro atoms. The number of nitrogens with zero attached hydrogens (tertiary/aromatic N) is 7. The first-order valence-electron chi connectivity index (χ1n) is 20.7. The lowest BCUT2D eigenvalue weighted by atomic mass is 10.1. The summed E-state index contributed by atoms with van der Waals surface area (Å²) in [5.74, 6) is -0.551. The number of ether oxygens (including phenoxy) is 4. The molecule has 3 N–H and O–H groups in total. The van der Waals surface area contributed by atoms with Crippen LogP contribution >= 0.6 is 15.9 Å². The quantitative estimate of drug-likeness (QED) is 0.0924. The Balaban J connectivity index is 0.963. The van der Waals surface area contributed by atoms with Crippen molar-refractivity contribution in [1.82, 2.24) is 35.3 Å². The van der Waals surface area contributed by atoms with E-state index in [1.807, 2.05) is 30.3 Å². The molecule has 0 bridgehead atoms. The molecule has 18 nitrogen and oxygen atoms in total. The summed E-state index contributed by atoms with van der Waals surface area (Å²) in [5, 5.41) is 13.0. The number of methoxy groups -OCH3 is 1. The van der Waals surface area contributed by atoms with Crippen molar-refractivity contribution in [2.75, 3.05) is 69.8 Å². The molecule has 0 radical (unpaired) electrons. The van der Waals surface area contributed by atoms with Crippen LogP contribution in [0.25, 0.3) is 22.2 Å². The van der Waals surface area contributed by atoms with Crippen molar-refractivity contribution in [1.29, 1.82) is 0 Å². The number of likely N-dealkylation sites (tertiary alicyclic amines) is 1. The van der Waals surface area contributed by atoms with E-state index < -0.39 is 30.0 Å². The fourth-order valence-corrected chi connectivity index (χ4v) is 7.74. The number of anilines is 2. The molecule has 7 rings (SSSR count). The first kappa shape index (κ1) is 44.5. The van der Waals surface area contributed by atoms with Crippen LogP contribution < -0.4 is 25.0 Å². The Morgan fingerprint density at radius 2 is 1.83 bits per heavy atom. The lowest BCUT2D eigenvalue weighted by Crippen LogP contribution is -2.43. The number of amides is 3. The van der Waals surface area contributed by atoms with Crippen molar-refractivity contribution in [3.05, 3.63) is 89.4 Å². The van der Waals surface area contributed by atoms with Crippen LogP contribution in [0.3, 0.4) is 0 Å². The van der Waals surface area contributed by atoms with E-state index in [2.05, 4.69) is 56.6 Å². The topological polar surface area (TPSA) is 206 Å². The molecule has 3 amide bonds. The van der Waals surface area contributed by atoms with Crippen LogP contribution in [0, 0.1) is 0 Å². The highest BCUT2D eigenvalue weighted by Gasteiger charge is 2.28. The van der Waals surface area contributed by atoms with E-state index in [-0.39, 0.29) is 32.5 Å². The molecule has 1 fully saturated rings. The van der Waals surface area contributed by atoms with E-state index in [0.717, 1.165) is 36.3 Å². The molecule has 63 heavy (non-hydrogen) atoms. The van der Waals surface area contributed by atoms with Gasteiger partial charge in [0.25, 0.3) is 0 Å². The van der Waals surface area contributed by atoms with E-state index in [4.69, 9.17) is 18.9 Å². The van der Waals surface area contributed by atoms with Crippen molar-refractivity contribution < 1.29 is 38.1 Å². The number of rotatable bonds is 18. The summed E-state index contributed by atoms with van der Waals surface area (Å²) in [6.07, 6.45) is 7.12. The summed E-state index contributed by atoms with van der Waals surface area (Å²) in [7, 11) is 1.56. The third kappa shape index (κ3) is 11.7. The van der Waals surface area contributed by atoms with Crippen molar-refractivity contribution in [3.63, 3.8) is 0 Å². The second kappa shape index (κ2) is 21.5. The van der Waals surface area contributed by atoms with Gasteiger partial charge in [-0.1, -0.05) is 18.2 Å². The molecule has 1 unspecified atom stereocenters. The summed E-state index contributed by atoms with van der Waals surface area (Å²) >= 11 is 3.57. The number of aliphatic imine (C=N–C) groups is 1. The second-order valence-electron chi connectivity index (χ2n) is 14.8. The Hall–Kier alpha value is -6.60. The van der Waals surface area contributed by atoms with E-state index in [1.54, 1.807) is 56.2 Å². The van der Waals surface area contributed by atoms with Gasteiger partial charge in [0, 0.05) is 50.2 Å². The van der Waals surface area contributed by atoms with Crippen LogP contribution in [-0.2, 0) is 30.4 Å². The average Bonchev–Trinajstić information content (AvgIpc) is 4.13. The lowest BCUT2D eigenvalue weighted by molar-refractivity contribution is -0.166. The highest BCUT2D eigenvalue weighted by molar-refractivity contribution is 9.10. The number of H-pyrrole nitrogens is 1. The maximum Gasteiger partial charge on any atom is 0.347 e.